The van der Waals surface area contributed by atoms with Crippen LogP contribution in [0.3, 0.4) is 0 Å². The fraction of sp³-hybridized carbons (Fsp3) is 0.588. The van der Waals surface area contributed by atoms with Crippen molar-refractivity contribution >= 4 is 22.1 Å². The monoisotopic (exact) mass is 390 g/mol. The van der Waals surface area contributed by atoms with Crippen molar-refractivity contribution < 1.29 is 27.1 Å². The molecule has 0 heterocycles. The number of benzene rings is 1. The van der Waals surface area contributed by atoms with Gasteiger partial charge in [-0.05, 0) is 37.6 Å². The highest BCUT2D eigenvalue weighted by Crippen LogP contribution is 2.07. The summed E-state index contributed by atoms with van der Waals surface area (Å²) in [7, 11) is -4.67. The van der Waals surface area contributed by atoms with E-state index in [9.17, 15) is 4.79 Å². The molecule has 1 atom stereocenters. The third kappa shape index (κ3) is 15.8. The number of nitrogens with two attached hydrogens (primary N) is 1. The molecule has 0 fully saturated rings. The van der Waals surface area contributed by atoms with E-state index in [0.29, 0.717) is 30.4 Å². The first-order valence-electron chi connectivity index (χ1n) is 8.59. The second-order valence-corrected chi connectivity index (χ2v) is 6.81. The maximum absolute atomic E-state index is 11.8. The average molecular weight is 391 g/mol. The third-order valence-corrected chi connectivity index (χ3v) is 3.47. The minimum atomic E-state index is -4.67. The van der Waals surface area contributed by atoms with Crippen molar-refractivity contribution in [1.29, 1.82) is 0 Å². The Kier molecular flexibility index (Phi) is 12.6. The van der Waals surface area contributed by atoms with Gasteiger partial charge in [0.15, 0.2) is 0 Å². The first-order valence-corrected chi connectivity index (χ1v) is 9.99. The molecule has 0 aliphatic heterocycles. The molecule has 1 aromatic rings. The van der Waals surface area contributed by atoms with Gasteiger partial charge in [0, 0.05) is 18.3 Å². The molecule has 0 saturated carbocycles. The summed E-state index contributed by atoms with van der Waals surface area (Å²) in [4.78, 5) is 11.8. The van der Waals surface area contributed by atoms with E-state index >= 15 is 0 Å². The zero-order valence-corrected chi connectivity index (χ0v) is 16.2. The summed E-state index contributed by atoms with van der Waals surface area (Å²) in [6, 6.07) is 7.24. The number of esters is 1. The standard InChI is InChI=1S/C17H28N2O2.H2O4S/c1-3-4-5-6-7-14(2)19-12-13-21-17(20)15-8-10-16(18)11-9-15;1-5(2,3)4/h8-11,14,19H,3-7,12-13,18H2,1-2H3;(H2,1,2,3,4). The molecule has 1 aromatic carbocycles. The van der Waals surface area contributed by atoms with Crippen LogP contribution in [0, 0.1) is 0 Å². The topological polar surface area (TPSA) is 139 Å². The van der Waals surface area contributed by atoms with E-state index in [2.05, 4.69) is 19.2 Å². The van der Waals surface area contributed by atoms with Crippen molar-refractivity contribution in [3.8, 4) is 0 Å². The Bertz CT molecular complexity index is 596. The van der Waals surface area contributed by atoms with Crippen molar-refractivity contribution in [2.75, 3.05) is 18.9 Å². The second kappa shape index (κ2) is 13.5. The molecule has 0 aliphatic carbocycles. The number of anilines is 1. The van der Waals surface area contributed by atoms with Gasteiger partial charge in [-0.3, -0.25) is 9.11 Å². The zero-order chi connectivity index (χ0) is 20.0. The summed E-state index contributed by atoms with van der Waals surface area (Å²) in [6.07, 6.45) is 6.31. The Morgan fingerprint density at radius 3 is 2.31 bits per heavy atom. The highest BCUT2D eigenvalue weighted by Gasteiger charge is 2.06. The maximum atomic E-state index is 11.8. The highest BCUT2D eigenvalue weighted by atomic mass is 32.3. The normalized spacial score (nSPS) is 12.0. The molecule has 5 N–H and O–H groups in total. The van der Waals surface area contributed by atoms with Crippen LogP contribution in [0.15, 0.2) is 24.3 Å². The van der Waals surface area contributed by atoms with E-state index < -0.39 is 10.4 Å². The number of hydrogen-bond acceptors (Lipinski definition) is 6. The lowest BCUT2D eigenvalue weighted by atomic mass is 10.1. The molecular formula is C17H30N2O6S. The third-order valence-electron chi connectivity index (χ3n) is 3.47. The van der Waals surface area contributed by atoms with Gasteiger partial charge in [-0.25, -0.2) is 4.79 Å². The van der Waals surface area contributed by atoms with E-state index in [4.69, 9.17) is 28.0 Å². The molecule has 0 saturated heterocycles. The minimum absolute atomic E-state index is 0.299. The minimum Gasteiger partial charge on any atom is -0.461 e. The molecule has 1 unspecified atom stereocenters. The molecular weight excluding hydrogens is 360 g/mol. The number of hydrogen-bond donors (Lipinski definition) is 4. The smallest absolute Gasteiger partial charge is 0.394 e. The predicted octanol–water partition coefficient (Wildman–Crippen LogP) is 2.72. The lowest BCUT2D eigenvalue weighted by Crippen LogP contribution is -2.30. The number of nitrogens with one attached hydrogen (secondary N) is 1. The summed E-state index contributed by atoms with van der Waals surface area (Å²) < 4.78 is 36.8. The van der Waals surface area contributed by atoms with E-state index in [1.165, 1.54) is 32.1 Å². The van der Waals surface area contributed by atoms with Crippen molar-refractivity contribution in [3.05, 3.63) is 29.8 Å². The van der Waals surface area contributed by atoms with Gasteiger partial charge < -0.3 is 15.8 Å². The molecule has 0 bridgehead atoms. The van der Waals surface area contributed by atoms with Gasteiger partial charge in [0.25, 0.3) is 0 Å². The van der Waals surface area contributed by atoms with Crippen LogP contribution in [0.1, 0.15) is 56.3 Å². The van der Waals surface area contributed by atoms with Crippen molar-refractivity contribution in [2.45, 2.75) is 52.0 Å². The molecule has 9 heteroatoms. The van der Waals surface area contributed by atoms with Crippen LogP contribution in [0.2, 0.25) is 0 Å². The van der Waals surface area contributed by atoms with Crippen molar-refractivity contribution in [1.82, 2.24) is 5.32 Å². The van der Waals surface area contributed by atoms with Crippen LogP contribution in [-0.4, -0.2) is 42.7 Å². The Morgan fingerprint density at radius 1 is 1.19 bits per heavy atom. The van der Waals surface area contributed by atoms with Gasteiger partial charge in [0.2, 0.25) is 0 Å². The van der Waals surface area contributed by atoms with Gasteiger partial charge in [-0.15, -0.1) is 0 Å². The molecule has 26 heavy (non-hydrogen) atoms. The first-order chi connectivity index (χ1) is 12.1. The summed E-state index contributed by atoms with van der Waals surface area (Å²) >= 11 is 0. The average Bonchev–Trinajstić information content (AvgIpc) is 2.54. The van der Waals surface area contributed by atoms with Crippen molar-refractivity contribution in [3.63, 3.8) is 0 Å². The highest BCUT2D eigenvalue weighted by molar-refractivity contribution is 7.79. The van der Waals surface area contributed by atoms with E-state index in [1.807, 2.05) is 0 Å². The van der Waals surface area contributed by atoms with E-state index in [-0.39, 0.29) is 5.97 Å². The van der Waals surface area contributed by atoms with E-state index in [1.54, 1.807) is 24.3 Å². The van der Waals surface area contributed by atoms with Crippen LogP contribution < -0.4 is 11.1 Å². The number of rotatable bonds is 10. The van der Waals surface area contributed by atoms with Gasteiger partial charge in [-0.1, -0.05) is 32.6 Å². The number of carbonyl (C=O) groups excluding carboxylic acids is 1. The van der Waals surface area contributed by atoms with E-state index in [0.717, 1.165) is 0 Å². The lowest BCUT2D eigenvalue weighted by Gasteiger charge is -2.13. The molecule has 1 rings (SSSR count). The summed E-state index contributed by atoms with van der Waals surface area (Å²) in [5, 5.41) is 3.38. The van der Waals surface area contributed by atoms with Crippen LogP contribution in [-0.2, 0) is 15.1 Å². The largest absolute Gasteiger partial charge is 0.461 e. The van der Waals surface area contributed by atoms with Crippen molar-refractivity contribution in [2.24, 2.45) is 0 Å². The van der Waals surface area contributed by atoms with Crippen LogP contribution >= 0.6 is 0 Å². The Balaban J connectivity index is 0.00000110. The van der Waals surface area contributed by atoms with Gasteiger partial charge >= 0.3 is 16.4 Å². The van der Waals surface area contributed by atoms with Gasteiger partial charge in [0.1, 0.15) is 6.61 Å². The maximum Gasteiger partial charge on any atom is 0.394 e. The van der Waals surface area contributed by atoms with Gasteiger partial charge in [0.05, 0.1) is 5.56 Å². The molecule has 8 nitrogen and oxygen atoms in total. The second-order valence-electron chi connectivity index (χ2n) is 5.91. The quantitative estimate of drug-likeness (QED) is 0.207. The van der Waals surface area contributed by atoms with Crippen LogP contribution in [0.25, 0.3) is 0 Å². The number of nitrogen functional groups attached to an aromatic ring is 1. The zero-order valence-electron chi connectivity index (χ0n) is 15.3. The SMILES string of the molecule is CCCCCCC(C)NCCOC(=O)c1ccc(N)cc1.O=S(=O)(O)O. The first kappa shape index (κ1) is 24.3. The Morgan fingerprint density at radius 2 is 1.77 bits per heavy atom. The van der Waals surface area contributed by atoms with Crippen LogP contribution in [0.5, 0.6) is 0 Å². The fourth-order valence-electron chi connectivity index (χ4n) is 2.13. The van der Waals surface area contributed by atoms with Gasteiger partial charge in [-0.2, -0.15) is 8.42 Å². The molecule has 0 spiro atoms. The Hall–Kier alpha value is -1.68. The molecule has 0 amide bonds. The summed E-state index contributed by atoms with van der Waals surface area (Å²) in [5.74, 6) is -0.299. The molecule has 0 aliphatic rings. The summed E-state index contributed by atoms with van der Waals surface area (Å²) in [5.41, 5.74) is 6.76. The number of carbonyl (C=O) groups is 1. The predicted molar refractivity (Wildman–Crippen MR) is 102 cm³/mol. The van der Waals surface area contributed by atoms with Crippen LogP contribution in [0.4, 0.5) is 5.69 Å². The number of ether oxygens (including phenoxy) is 1. The Labute approximate surface area is 155 Å². The molecule has 0 radical (unpaired) electrons. The lowest BCUT2D eigenvalue weighted by molar-refractivity contribution is 0.0506. The number of unbranched alkanes of at least 4 members (excludes halogenated alkanes) is 3. The molecule has 0 aromatic heterocycles. The fourth-order valence-corrected chi connectivity index (χ4v) is 2.13. The summed E-state index contributed by atoms with van der Waals surface area (Å²) in [6.45, 7) is 5.48. The molecule has 150 valence electrons.